The molecule has 1 aromatic carbocycles. The van der Waals surface area contributed by atoms with Gasteiger partial charge in [0, 0.05) is 22.7 Å². The molecule has 5 nitrogen and oxygen atoms in total. The van der Waals surface area contributed by atoms with Gasteiger partial charge in [0.05, 0.1) is 7.11 Å². The van der Waals surface area contributed by atoms with Crippen molar-refractivity contribution in [1.82, 2.24) is 5.32 Å². The summed E-state index contributed by atoms with van der Waals surface area (Å²) in [5, 5.41) is 27.0. The third kappa shape index (κ3) is 4.63. The summed E-state index contributed by atoms with van der Waals surface area (Å²) in [4.78, 5) is 2.59. The molecule has 1 heterocycles. The average Bonchev–Trinajstić information content (AvgIpc) is 3.39. The van der Waals surface area contributed by atoms with E-state index in [0.717, 1.165) is 17.7 Å². The molecule has 1 aromatic heterocycles. The summed E-state index contributed by atoms with van der Waals surface area (Å²) in [6.07, 6.45) is 7.93. The lowest BCUT2D eigenvalue weighted by atomic mass is 10.1. The van der Waals surface area contributed by atoms with E-state index in [1.807, 2.05) is 41.8 Å². The van der Waals surface area contributed by atoms with Crippen molar-refractivity contribution in [2.75, 3.05) is 12.0 Å². The lowest BCUT2D eigenvalue weighted by Gasteiger charge is -2.38. The predicted molar refractivity (Wildman–Crippen MR) is 109 cm³/mol. The van der Waals surface area contributed by atoms with Crippen LogP contribution in [0, 0.1) is 12.3 Å². The summed E-state index contributed by atoms with van der Waals surface area (Å²) in [5.74, 6) is 3.06. The smallest absolute Gasteiger partial charge is 0.191 e. The van der Waals surface area contributed by atoms with E-state index in [1.165, 1.54) is 24.2 Å². The van der Waals surface area contributed by atoms with Crippen LogP contribution >= 0.6 is 11.3 Å². The van der Waals surface area contributed by atoms with Gasteiger partial charge in [-0.15, -0.1) is 17.8 Å². The van der Waals surface area contributed by atoms with E-state index in [9.17, 15) is 10.2 Å². The van der Waals surface area contributed by atoms with Crippen molar-refractivity contribution in [3.05, 3.63) is 46.7 Å². The summed E-state index contributed by atoms with van der Waals surface area (Å²) < 4.78 is 5.32. The average molecular weight is 387 g/mol. The molecule has 0 aliphatic heterocycles. The van der Waals surface area contributed by atoms with Gasteiger partial charge in [-0.05, 0) is 36.4 Å². The Kier molecular flexibility index (Phi) is 6.75. The third-order valence-corrected chi connectivity index (χ3v) is 5.90. The zero-order chi connectivity index (χ0) is 19.2. The van der Waals surface area contributed by atoms with Gasteiger partial charge >= 0.3 is 0 Å². The molecule has 3 rings (SSSR count). The largest absolute Gasteiger partial charge is 0.497 e. The highest BCUT2D eigenvalue weighted by Crippen LogP contribution is 2.35. The third-order valence-electron chi connectivity index (χ3n) is 4.96. The quantitative estimate of drug-likeness (QED) is 0.481. The van der Waals surface area contributed by atoms with Gasteiger partial charge < -0.3 is 19.8 Å². The molecule has 1 saturated carbocycles. The van der Waals surface area contributed by atoms with Crippen molar-refractivity contribution < 1.29 is 14.9 Å². The van der Waals surface area contributed by atoms with Gasteiger partial charge in [0.15, 0.2) is 6.23 Å². The van der Waals surface area contributed by atoms with Crippen molar-refractivity contribution in [3.8, 4) is 18.1 Å². The first-order chi connectivity index (χ1) is 13.1. The Hall–Kier alpha value is -2.04. The Morgan fingerprint density at radius 2 is 2.04 bits per heavy atom. The lowest BCUT2D eigenvalue weighted by molar-refractivity contribution is 0.0770. The number of hydrogen-bond donors (Lipinski definition) is 3. The minimum absolute atomic E-state index is 0.276. The Balaban J connectivity index is 1.98. The predicted octanol–water partition coefficient (Wildman–Crippen LogP) is 3.11. The van der Waals surface area contributed by atoms with E-state index in [4.69, 9.17) is 11.2 Å². The van der Waals surface area contributed by atoms with Crippen LogP contribution in [-0.2, 0) is 0 Å². The maximum atomic E-state index is 11.1. The first-order valence-electron chi connectivity index (χ1n) is 9.18. The van der Waals surface area contributed by atoms with E-state index in [2.05, 4.69) is 11.2 Å². The summed E-state index contributed by atoms with van der Waals surface area (Å²) >= 11 is 1.53. The molecular formula is C21H26N2O3S. The molecule has 0 spiro atoms. The summed E-state index contributed by atoms with van der Waals surface area (Å²) in [5.41, 5.74) is 0.686. The molecule has 3 N–H and O–H groups in total. The number of anilines is 1. The van der Waals surface area contributed by atoms with Crippen LogP contribution < -0.4 is 15.0 Å². The Bertz CT molecular complexity index is 753. The van der Waals surface area contributed by atoms with Crippen LogP contribution in [0.4, 0.5) is 5.69 Å². The highest BCUT2D eigenvalue weighted by molar-refractivity contribution is 7.10. The van der Waals surface area contributed by atoms with Gasteiger partial charge in [-0.3, -0.25) is 5.32 Å². The molecule has 3 atom stereocenters. The van der Waals surface area contributed by atoms with Crippen LogP contribution in [-0.4, -0.2) is 35.8 Å². The molecule has 1 fully saturated rings. The zero-order valence-corrected chi connectivity index (χ0v) is 16.2. The second kappa shape index (κ2) is 9.25. The number of terminal acetylenes is 1. The van der Waals surface area contributed by atoms with Crippen LogP contribution in [0.3, 0.4) is 0 Å². The first-order valence-corrected chi connectivity index (χ1v) is 10.1. The Morgan fingerprint density at radius 3 is 2.67 bits per heavy atom. The monoisotopic (exact) mass is 386 g/mol. The number of nitrogens with one attached hydrogen (secondary N) is 1. The topological polar surface area (TPSA) is 65.0 Å². The van der Waals surface area contributed by atoms with Gasteiger partial charge in [0.1, 0.15) is 18.0 Å². The number of aliphatic hydroxyl groups excluding tert-OH is 2. The molecule has 0 saturated heterocycles. The minimum Gasteiger partial charge on any atom is -0.497 e. The normalized spacial score (nSPS) is 17.9. The number of hydrogen-bond acceptors (Lipinski definition) is 6. The Labute approximate surface area is 164 Å². The van der Waals surface area contributed by atoms with E-state index in [1.54, 1.807) is 12.0 Å². The molecule has 0 radical (unpaired) electrons. The molecule has 1 aliphatic carbocycles. The summed E-state index contributed by atoms with van der Waals surface area (Å²) in [7, 11) is 1.59. The van der Waals surface area contributed by atoms with E-state index >= 15 is 0 Å². The number of aliphatic hydroxyl groups is 2. The second-order valence-corrected chi connectivity index (χ2v) is 7.68. The maximum absolute atomic E-state index is 11.1. The first kappa shape index (κ1) is 19.7. The second-order valence-electron chi connectivity index (χ2n) is 6.70. The molecule has 144 valence electrons. The summed E-state index contributed by atoms with van der Waals surface area (Å²) in [6, 6.07) is 11.0. The van der Waals surface area contributed by atoms with Crippen molar-refractivity contribution in [2.45, 2.75) is 50.2 Å². The fraction of sp³-hybridized carbons (Fsp3) is 0.429. The number of rotatable bonds is 8. The van der Waals surface area contributed by atoms with Gasteiger partial charge in [-0.2, -0.15) is 0 Å². The number of thiophene rings is 1. The van der Waals surface area contributed by atoms with Crippen LogP contribution in [0.5, 0.6) is 5.75 Å². The van der Waals surface area contributed by atoms with Crippen molar-refractivity contribution in [2.24, 2.45) is 0 Å². The number of methoxy groups -OCH3 is 1. The van der Waals surface area contributed by atoms with E-state index in [0.29, 0.717) is 11.4 Å². The van der Waals surface area contributed by atoms with E-state index in [-0.39, 0.29) is 6.04 Å². The van der Waals surface area contributed by atoms with Crippen LogP contribution in [0.1, 0.15) is 36.6 Å². The standard InChI is InChI=1S/C21H26N2O3S/c1-3-19(24)23(16-10-6-11-17(14-16)26-2)20(18-12-7-13-27-18)21(25)22-15-8-4-5-9-15/h1,6-7,10-15,19-22,24-25H,4-5,8-9H2,2H3. The Morgan fingerprint density at radius 1 is 1.26 bits per heavy atom. The highest BCUT2D eigenvalue weighted by Gasteiger charge is 2.34. The highest BCUT2D eigenvalue weighted by atomic mass is 32.1. The van der Waals surface area contributed by atoms with Crippen LogP contribution in [0.25, 0.3) is 0 Å². The molecule has 0 bridgehead atoms. The molecule has 1 aliphatic rings. The van der Waals surface area contributed by atoms with Crippen molar-refractivity contribution in [1.29, 1.82) is 0 Å². The maximum Gasteiger partial charge on any atom is 0.191 e. The number of benzene rings is 1. The fourth-order valence-electron chi connectivity index (χ4n) is 3.63. The number of nitrogens with zero attached hydrogens (tertiary/aromatic N) is 1. The molecular weight excluding hydrogens is 360 g/mol. The fourth-order valence-corrected chi connectivity index (χ4v) is 4.49. The molecule has 27 heavy (non-hydrogen) atoms. The van der Waals surface area contributed by atoms with Crippen LogP contribution in [0.15, 0.2) is 41.8 Å². The minimum atomic E-state index is -1.19. The summed E-state index contributed by atoms with van der Waals surface area (Å²) in [6.45, 7) is 0. The molecule has 2 aromatic rings. The molecule has 6 heteroatoms. The van der Waals surface area contributed by atoms with Crippen LogP contribution in [0.2, 0.25) is 0 Å². The van der Waals surface area contributed by atoms with E-state index < -0.39 is 18.5 Å². The van der Waals surface area contributed by atoms with Crippen molar-refractivity contribution >= 4 is 17.0 Å². The van der Waals surface area contributed by atoms with Gasteiger partial charge in [0.25, 0.3) is 0 Å². The zero-order valence-electron chi connectivity index (χ0n) is 15.4. The van der Waals surface area contributed by atoms with Crippen molar-refractivity contribution in [3.63, 3.8) is 0 Å². The van der Waals surface area contributed by atoms with Gasteiger partial charge in [-0.1, -0.05) is 30.9 Å². The van der Waals surface area contributed by atoms with Gasteiger partial charge in [0.2, 0.25) is 0 Å². The number of ether oxygens (including phenoxy) is 1. The SMILES string of the molecule is C#CC(O)N(c1cccc(OC)c1)C(c1cccs1)C(O)NC1CCCC1. The van der Waals surface area contributed by atoms with Gasteiger partial charge in [-0.25, -0.2) is 0 Å². The molecule has 3 unspecified atom stereocenters. The lowest BCUT2D eigenvalue weighted by Crippen LogP contribution is -2.50. The molecule has 0 amide bonds.